The molecule has 1 aromatic rings. The molecule has 0 bridgehead atoms. The van der Waals surface area contributed by atoms with E-state index in [1.54, 1.807) is 12.4 Å². The van der Waals surface area contributed by atoms with E-state index in [0.29, 0.717) is 19.4 Å². The van der Waals surface area contributed by atoms with Crippen molar-refractivity contribution in [2.45, 2.75) is 51.5 Å². The molecule has 0 fully saturated rings. The Morgan fingerprint density at radius 2 is 1.84 bits per heavy atom. The average Bonchev–Trinajstić information content (AvgIpc) is 2.34. The van der Waals surface area contributed by atoms with Crippen molar-refractivity contribution in [3.05, 3.63) is 30.1 Å². The first-order chi connectivity index (χ1) is 8.71. The Morgan fingerprint density at radius 1 is 1.26 bits per heavy atom. The van der Waals surface area contributed by atoms with Gasteiger partial charge in [-0.25, -0.2) is 0 Å². The predicted octanol–water partition coefficient (Wildman–Crippen LogP) is 1.99. The maximum atomic E-state index is 11.8. The lowest BCUT2D eigenvalue weighted by Gasteiger charge is -2.26. The monoisotopic (exact) mass is 263 g/mol. The van der Waals surface area contributed by atoms with Gasteiger partial charge in [0.05, 0.1) is 0 Å². The van der Waals surface area contributed by atoms with E-state index in [0.717, 1.165) is 0 Å². The van der Waals surface area contributed by atoms with Gasteiger partial charge in [0.15, 0.2) is 0 Å². The van der Waals surface area contributed by atoms with Crippen molar-refractivity contribution in [3.63, 3.8) is 0 Å². The summed E-state index contributed by atoms with van der Waals surface area (Å²) in [6.45, 7) is 8.69. The minimum atomic E-state index is -0.294. The predicted molar refractivity (Wildman–Crippen MR) is 77.8 cm³/mol. The topological polar surface area (TPSA) is 68.0 Å². The summed E-state index contributed by atoms with van der Waals surface area (Å²) in [4.78, 5) is 15.8. The fourth-order valence-electron chi connectivity index (χ4n) is 1.75. The highest BCUT2D eigenvalue weighted by atomic mass is 16.1. The third kappa shape index (κ3) is 5.83. The molecule has 0 unspecified atom stereocenters. The summed E-state index contributed by atoms with van der Waals surface area (Å²) >= 11 is 0. The molecule has 1 heterocycles. The quantitative estimate of drug-likeness (QED) is 0.824. The van der Waals surface area contributed by atoms with Crippen LogP contribution in [-0.2, 0) is 10.2 Å². The molecule has 1 amide bonds. The Kier molecular flexibility index (Phi) is 5.06. The molecule has 0 atom stereocenters. The molecule has 0 radical (unpaired) electrons. The van der Waals surface area contributed by atoms with Crippen molar-refractivity contribution in [1.82, 2.24) is 10.3 Å². The lowest BCUT2D eigenvalue weighted by molar-refractivity contribution is -0.121. The minimum Gasteiger partial charge on any atom is -0.355 e. The van der Waals surface area contributed by atoms with Gasteiger partial charge in [-0.15, -0.1) is 0 Å². The number of pyridine rings is 1. The maximum absolute atomic E-state index is 11.8. The summed E-state index contributed by atoms with van der Waals surface area (Å²) in [6.07, 6.45) is 4.70. The number of hydrogen-bond donors (Lipinski definition) is 2. The molecule has 0 aromatic carbocycles. The number of nitrogens with one attached hydrogen (secondary N) is 1. The van der Waals surface area contributed by atoms with Crippen molar-refractivity contribution in [1.29, 1.82) is 0 Å². The van der Waals surface area contributed by atoms with Crippen LogP contribution < -0.4 is 11.1 Å². The Hall–Kier alpha value is -1.42. The smallest absolute Gasteiger partial charge is 0.220 e. The number of nitrogens with two attached hydrogens (primary N) is 1. The number of carbonyl (C=O) groups excluding carboxylic acids is 1. The van der Waals surface area contributed by atoms with E-state index >= 15 is 0 Å². The Bertz CT molecular complexity index is 407. The van der Waals surface area contributed by atoms with E-state index in [1.165, 1.54) is 5.56 Å². The summed E-state index contributed by atoms with van der Waals surface area (Å²) in [7, 11) is 0. The van der Waals surface area contributed by atoms with Crippen LogP contribution >= 0.6 is 0 Å². The van der Waals surface area contributed by atoms with Gasteiger partial charge >= 0.3 is 0 Å². The summed E-state index contributed by atoms with van der Waals surface area (Å²) in [5, 5.41) is 2.98. The van der Waals surface area contributed by atoms with Crippen molar-refractivity contribution in [2.24, 2.45) is 5.73 Å². The number of nitrogens with zero attached hydrogens (tertiary/aromatic N) is 1. The molecule has 1 rings (SSSR count). The molecule has 0 saturated carbocycles. The third-order valence-electron chi connectivity index (χ3n) is 3.19. The zero-order valence-electron chi connectivity index (χ0n) is 12.4. The van der Waals surface area contributed by atoms with Gasteiger partial charge in [-0.1, -0.05) is 13.8 Å². The second kappa shape index (κ2) is 6.15. The summed E-state index contributed by atoms with van der Waals surface area (Å²) in [5.74, 6) is 0.0562. The molecule has 0 saturated heterocycles. The maximum Gasteiger partial charge on any atom is 0.220 e. The first kappa shape index (κ1) is 15.6. The molecular formula is C15H25N3O. The fourth-order valence-corrected chi connectivity index (χ4v) is 1.75. The highest BCUT2D eigenvalue weighted by molar-refractivity contribution is 5.76. The van der Waals surface area contributed by atoms with Crippen LogP contribution in [0.3, 0.4) is 0 Å². The van der Waals surface area contributed by atoms with Gasteiger partial charge in [0.25, 0.3) is 0 Å². The second-order valence-electron chi connectivity index (χ2n) is 6.39. The van der Waals surface area contributed by atoms with Gasteiger partial charge in [-0.3, -0.25) is 9.78 Å². The zero-order chi connectivity index (χ0) is 14.5. The van der Waals surface area contributed by atoms with Gasteiger partial charge in [0.2, 0.25) is 5.91 Å². The largest absolute Gasteiger partial charge is 0.355 e. The highest BCUT2D eigenvalue weighted by Gasteiger charge is 2.21. The number of carbonyl (C=O) groups is 1. The van der Waals surface area contributed by atoms with E-state index in [2.05, 4.69) is 24.1 Å². The fraction of sp³-hybridized carbons (Fsp3) is 0.600. The molecular weight excluding hydrogens is 238 g/mol. The van der Waals surface area contributed by atoms with Crippen LogP contribution in [0.1, 0.15) is 46.1 Å². The van der Waals surface area contributed by atoms with Crippen LogP contribution in [0.15, 0.2) is 24.5 Å². The van der Waals surface area contributed by atoms with E-state index in [-0.39, 0.29) is 16.9 Å². The lowest BCUT2D eigenvalue weighted by atomic mass is 9.85. The standard InChI is InChI=1S/C15H25N3O/c1-14(2,12-6-9-17-10-7-12)11-18-13(19)5-8-15(3,4)16/h6-7,9-10H,5,8,11,16H2,1-4H3,(H,18,19). The summed E-state index contributed by atoms with van der Waals surface area (Å²) in [6, 6.07) is 3.96. The Balaban J connectivity index is 2.45. The van der Waals surface area contributed by atoms with Crippen molar-refractivity contribution < 1.29 is 4.79 Å². The third-order valence-corrected chi connectivity index (χ3v) is 3.19. The molecule has 0 aliphatic carbocycles. The molecule has 0 aliphatic heterocycles. The van der Waals surface area contributed by atoms with Crippen LogP contribution in [0.5, 0.6) is 0 Å². The summed E-state index contributed by atoms with van der Waals surface area (Å²) in [5.41, 5.74) is 6.64. The van der Waals surface area contributed by atoms with E-state index < -0.39 is 0 Å². The lowest BCUT2D eigenvalue weighted by Crippen LogP contribution is -2.38. The molecule has 0 aliphatic rings. The normalized spacial score (nSPS) is 12.3. The zero-order valence-corrected chi connectivity index (χ0v) is 12.4. The second-order valence-corrected chi connectivity index (χ2v) is 6.39. The molecule has 106 valence electrons. The van der Waals surface area contributed by atoms with Crippen molar-refractivity contribution in [3.8, 4) is 0 Å². The molecule has 4 heteroatoms. The van der Waals surface area contributed by atoms with E-state index in [4.69, 9.17) is 5.73 Å². The first-order valence-corrected chi connectivity index (χ1v) is 6.67. The SMILES string of the molecule is CC(C)(N)CCC(=O)NCC(C)(C)c1ccncc1. The molecule has 4 nitrogen and oxygen atoms in total. The van der Waals surface area contributed by atoms with E-state index in [1.807, 2.05) is 26.0 Å². The van der Waals surface area contributed by atoms with Crippen LogP contribution in [0.25, 0.3) is 0 Å². The van der Waals surface area contributed by atoms with Gasteiger partial charge < -0.3 is 11.1 Å². The minimum absolute atomic E-state index is 0.0562. The summed E-state index contributed by atoms with van der Waals surface area (Å²) < 4.78 is 0. The molecule has 0 spiro atoms. The number of rotatable bonds is 6. The van der Waals surface area contributed by atoms with Crippen LogP contribution in [0, 0.1) is 0 Å². The van der Waals surface area contributed by atoms with Gasteiger partial charge in [-0.2, -0.15) is 0 Å². The first-order valence-electron chi connectivity index (χ1n) is 6.67. The Labute approximate surface area is 115 Å². The molecule has 3 N–H and O–H groups in total. The Morgan fingerprint density at radius 3 is 2.37 bits per heavy atom. The van der Waals surface area contributed by atoms with Crippen molar-refractivity contribution in [2.75, 3.05) is 6.54 Å². The van der Waals surface area contributed by atoms with Crippen LogP contribution in [0.4, 0.5) is 0 Å². The van der Waals surface area contributed by atoms with Gasteiger partial charge in [0.1, 0.15) is 0 Å². The number of amides is 1. The van der Waals surface area contributed by atoms with Gasteiger partial charge in [0, 0.05) is 36.3 Å². The average molecular weight is 263 g/mol. The van der Waals surface area contributed by atoms with E-state index in [9.17, 15) is 4.79 Å². The molecule has 1 aromatic heterocycles. The van der Waals surface area contributed by atoms with Crippen LogP contribution in [-0.4, -0.2) is 23.0 Å². The van der Waals surface area contributed by atoms with Crippen molar-refractivity contribution >= 4 is 5.91 Å². The van der Waals surface area contributed by atoms with Gasteiger partial charge in [-0.05, 0) is 38.0 Å². The highest BCUT2D eigenvalue weighted by Crippen LogP contribution is 2.21. The number of aromatic nitrogens is 1. The van der Waals surface area contributed by atoms with Crippen LogP contribution in [0.2, 0.25) is 0 Å². The number of hydrogen-bond acceptors (Lipinski definition) is 3. The molecule has 19 heavy (non-hydrogen) atoms.